The van der Waals surface area contributed by atoms with E-state index >= 15 is 0 Å². The van der Waals surface area contributed by atoms with E-state index in [9.17, 15) is 0 Å². The minimum Gasteiger partial charge on any atom is -0.0613 e. The third kappa shape index (κ3) is 2.96. The third-order valence-electron chi connectivity index (χ3n) is 4.15. The molecule has 1 aromatic rings. The topological polar surface area (TPSA) is 0 Å². The van der Waals surface area contributed by atoms with Crippen LogP contribution in [0.4, 0.5) is 0 Å². The van der Waals surface area contributed by atoms with E-state index in [-0.39, 0.29) is 0 Å². The van der Waals surface area contributed by atoms with E-state index < -0.39 is 0 Å². The van der Waals surface area contributed by atoms with Gasteiger partial charge in [0, 0.05) is 0 Å². The Hall–Kier alpha value is -0.780. The number of benzene rings is 1. The first kappa shape index (κ1) is 13.6. The molecule has 0 aromatic heterocycles. The summed E-state index contributed by atoms with van der Waals surface area (Å²) in [6.45, 7) is 11.7. The minimum atomic E-state index is 0.386. The van der Waals surface area contributed by atoms with Gasteiger partial charge in [0.2, 0.25) is 0 Å². The summed E-state index contributed by atoms with van der Waals surface area (Å²) in [4.78, 5) is 0. The highest BCUT2D eigenvalue weighted by Gasteiger charge is 2.21. The molecule has 0 heterocycles. The first-order valence-electron chi connectivity index (χ1n) is 7.55. The Morgan fingerprint density at radius 3 is 2.56 bits per heavy atom. The maximum Gasteiger partial charge on any atom is -0.0187 e. The fourth-order valence-electron chi connectivity index (χ4n) is 3.34. The lowest BCUT2D eigenvalue weighted by atomic mass is 9.78. The van der Waals surface area contributed by atoms with Crippen LogP contribution in [0.1, 0.15) is 75.6 Å². The van der Waals surface area contributed by atoms with Gasteiger partial charge in [-0.3, -0.25) is 0 Å². The molecule has 0 saturated carbocycles. The molecule has 1 aromatic carbocycles. The molecule has 0 nitrogen and oxygen atoms in total. The van der Waals surface area contributed by atoms with Crippen molar-refractivity contribution in [3.05, 3.63) is 34.4 Å². The van der Waals surface area contributed by atoms with Crippen molar-refractivity contribution in [2.75, 3.05) is 0 Å². The number of fused-ring (bicyclic) bond motifs is 1. The predicted molar refractivity (Wildman–Crippen MR) is 80.3 cm³/mol. The monoisotopic (exact) mass is 244 g/mol. The molecule has 1 atom stereocenters. The first-order chi connectivity index (χ1) is 8.40. The van der Waals surface area contributed by atoms with E-state index in [4.69, 9.17) is 0 Å². The van der Waals surface area contributed by atoms with E-state index in [1.807, 2.05) is 0 Å². The van der Waals surface area contributed by atoms with E-state index in [0.717, 1.165) is 5.92 Å². The van der Waals surface area contributed by atoms with E-state index in [1.54, 1.807) is 22.3 Å². The van der Waals surface area contributed by atoms with Gasteiger partial charge in [0.15, 0.2) is 0 Å². The van der Waals surface area contributed by atoms with Crippen molar-refractivity contribution in [2.45, 2.75) is 72.6 Å². The molecule has 0 fully saturated rings. The second kappa shape index (κ2) is 5.07. The van der Waals surface area contributed by atoms with Crippen molar-refractivity contribution < 1.29 is 0 Å². The molecule has 0 amide bonds. The minimum absolute atomic E-state index is 0.386. The Morgan fingerprint density at radius 2 is 1.94 bits per heavy atom. The lowest BCUT2D eigenvalue weighted by Crippen LogP contribution is -2.14. The molecule has 0 N–H and O–H groups in total. The fourth-order valence-corrected chi connectivity index (χ4v) is 3.34. The van der Waals surface area contributed by atoms with Crippen LogP contribution in [0.3, 0.4) is 0 Å². The van der Waals surface area contributed by atoms with Crippen LogP contribution in [-0.4, -0.2) is 0 Å². The number of rotatable bonds is 2. The lowest BCUT2D eigenvalue weighted by molar-refractivity contribution is 0.410. The van der Waals surface area contributed by atoms with Crippen molar-refractivity contribution >= 4 is 0 Å². The summed E-state index contributed by atoms with van der Waals surface area (Å²) >= 11 is 0. The molecule has 1 aliphatic rings. The van der Waals surface area contributed by atoms with Crippen molar-refractivity contribution in [1.82, 2.24) is 0 Å². The Bertz CT molecular complexity index is 420. The molecular formula is C18H28. The number of hydrogen-bond donors (Lipinski definition) is 0. The van der Waals surface area contributed by atoms with E-state index in [0.29, 0.717) is 5.41 Å². The van der Waals surface area contributed by atoms with Gasteiger partial charge in [-0.25, -0.2) is 0 Å². The predicted octanol–water partition coefficient (Wildman–Crippen LogP) is 5.28. The maximum absolute atomic E-state index is 2.50. The van der Waals surface area contributed by atoms with Gasteiger partial charge in [-0.2, -0.15) is 0 Å². The molecule has 0 radical (unpaired) electrons. The average Bonchev–Trinajstić information content (AvgIpc) is 2.27. The van der Waals surface area contributed by atoms with Crippen LogP contribution < -0.4 is 0 Å². The second-order valence-electron chi connectivity index (χ2n) is 7.21. The molecule has 1 unspecified atom stereocenters. The zero-order valence-corrected chi connectivity index (χ0v) is 12.8. The summed E-state index contributed by atoms with van der Waals surface area (Å²) in [6, 6.07) is 4.98. The average molecular weight is 244 g/mol. The quantitative estimate of drug-likeness (QED) is 0.664. The van der Waals surface area contributed by atoms with E-state index in [2.05, 4.69) is 46.8 Å². The Kier molecular flexibility index (Phi) is 3.84. The Balaban J connectivity index is 2.42. The van der Waals surface area contributed by atoms with Gasteiger partial charge in [-0.1, -0.05) is 46.8 Å². The lowest BCUT2D eigenvalue weighted by Gasteiger charge is -2.27. The second-order valence-corrected chi connectivity index (χ2v) is 7.21. The highest BCUT2D eigenvalue weighted by Crippen LogP contribution is 2.35. The largest absolute Gasteiger partial charge is 0.0613 e. The van der Waals surface area contributed by atoms with Crippen molar-refractivity contribution in [1.29, 1.82) is 0 Å². The molecule has 0 saturated heterocycles. The van der Waals surface area contributed by atoms with Crippen LogP contribution in [0.25, 0.3) is 0 Å². The summed E-state index contributed by atoms with van der Waals surface area (Å²) in [6.07, 6.45) is 6.43. The standard InChI is InChI=1S/C18H28/c1-6-15-10-14(12-18(3,4)5)11-17-13(2)8-7-9-16(15)17/h10-11,13H,6-9,12H2,1-5H3. The molecule has 0 spiro atoms. The molecule has 0 aliphatic heterocycles. The van der Waals surface area contributed by atoms with E-state index in [1.165, 1.54) is 32.1 Å². The van der Waals surface area contributed by atoms with Gasteiger partial charge >= 0.3 is 0 Å². The highest BCUT2D eigenvalue weighted by molar-refractivity contribution is 5.43. The van der Waals surface area contributed by atoms with Gasteiger partial charge in [0.05, 0.1) is 0 Å². The van der Waals surface area contributed by atoms with Crippen LogP contribution in [0, 0.1) is 5.41 Å². The van der Waals surface area contributed by atoms with Gasteiger partial charge in [-0.05, 0) is 65.7 Å². The van der Waals surface area contributed by atoms with Gasteiger partial charge in [0.25, 0.3) is 0 Å². The van der Waals surface area contributed by atoms with Crippen molar-refractivity contribution in [3.63, 3.8) is 0 Å². The van der Waals surface area contributed by atoms with Gasteiger partial charge in [0.1, 0.15) is 0 Å². The molecule has 2 rings (SSSR count). The SMILES string of the molecule is CCc1cc(CC(C)(C)C)cc2c1CCCC2C. The summed E-state index contributed by atoms with van der Waals surface area (Å²) in [5.41, 5.74) is 6.87. The zero-order chi connectivity index (χ0) is 13.3. The Labute approximate surface area is 113 Å². The van der Waals surface area contributed by atoms with Gasteiger partial charge < -0.3 is 0 Å². The molecule has 100 valence electrons. The molecule has 1 aliphatic carbocycles. The summed E-state index contributed by atoms with van der Waals surface area (Å²) in [5.74, 6) is 0.763. The Morgan fingerprint density at radius 1 is 1.22 bits per heavy atom. The van der Waals surface area contributed by atoms with Crippen LogP contribution in [-0.2, 0) is 19.3 Å². The molecule has 0 bridgehead atoms. The maximum atomic E-state index is 2.50. The fraction of sp³-hybridized carbons (Fsp3) is 0.667. The van der Waals surface area contributed by atoms with Crippen molar-refractivity contribution in [2.24, 2.45) is 5.41 Å². The van der Waals surface area contributed by atoms with Crippen molar-refractivity contribution in [3.8, 4) is 0 Å². The normalized spacial score (nSPS) is 19.7. The summed E-state index contributed by atoms with van der Waals surface area (Å²) < 4.78 is 0. The molecule has 18 heavy (non-hydrogen) atoms. The summed E-state index contributed by atoms with van der Waals surface area (Å²) in [5, 5.41) is 0. The van der Waals surface area contributed by atoms with Gasteiger partial charge in [-0.15, -0.1) is 0 Å². The molecular weight excluding hydrogens is 216 g/mol. The number of hydrogen-bond acceptors (Lipinski definition) is 0. The van der Waals surface area contributed by atoms with Crippen LogP contribution in [0.5, 0.6) is 0 Å². The zero-order valence-electron chi connectivity index (χ0n) is 12.8. The van der Waals surface area contributed by atoms with Crippen LogP contribution in [0.2, 0.25) is 0 Å². The van der Waals surface area contributed by atoms with Crippen LogP contribution in [0.15, 0.2) is 12.1 Å². The van der Waals surface area contributed by atoms with Crippen LogP contribution >= 0.6 is 0 Å². The third-order valence-corrected chi connectivity index (χ3v) is 4.15. The number of aryl methyl sites for hydroxylation is 1. The first-order valence-corrected chi connectivity index (χ1v) is 7.55. The molecule has 0 heteroatoms. The highest BCUT2D eigenvalue weighted by atomic mass is 14.3. The smallest absolute Gasteiger partial charge is 0.0187 e. The summed E-state index contributed by atoms with van der Waals surface area (Å²) in [7, 11) is 0.